The van der Waals surface area contributed by atoms with Crippen LogP contribution in [0, 0.1) is 0 Å². The highest BCUT2D eigenvalue weighted by Crippen LogP contribution is 2.14. The molecule has 0 aliphatic rings. The van der Waals surface area contributed by atoms with E-state index in [0.29, 0.717) is 6.04 Å². The minimum Gasteiger partial charge on any atom is -0.306 e. The zero-order valence-corrected chi connectivity index (χ0v) is 12.7. The maximum absolute atomic E-state index is 3.52. The smallest absolute Gasteiger partial charge is 0.0294 e. The lowest BCUT2D eigenvalue weighted by molar-refractivity contribution is 0.574. The van der Waals surface area contributed by atoms with Gasteiger partial charge < -0.3 is 5.32 Å². The minimum absolute atomic E-state index is 0. The maximum Gasteiger partial charge on any atom is 0.0294 e. The summed E-state index contributed by atoms with van der Waals surface area (Å²) in [5, 5.41) is 3.52. The molecule has 0 aromatic heterocycles. The normalized spacial score (nSPS) is 11.7. The monoisotopic (exact) mass is 325 g/mol. The van der Waals surface area contributed by atoms with Crippen LogP contribution in [0.25, 0.3) is 0 Å². The number of halogens is 2. The van der Waals surface area contributed by atoms with Crippen molar-refractivity contribution in [2.24, 2.45) is 0 Å². The Morgan fingerprint density at radius 1 is 1.06 bits per heavy atom. The Morgan fingerprint density at radius 2 is 1.78 bits per heavy atom. The van der Waals surface area contributed by atoms with Crippen LogP contribution in [0.4, 0.5) is 0 Å². The first-order valence-corrected chi connectivity index (χ1v) is 6.58. The Balaban J connectivity index is 0.00000162. The summed E-state index contributed by atoms with van der Waals surface area (Å²) in [6.45, 7) is 3.07. The number of nitrogens with one attached hydrogen (secondary N) is 1. The third kappa shape index (κ3) is 4.45. The number of hydrogen-bond acceptors (Lipinski definition) is 1. The molecule has 2 aromatic carbocycles. The van der Waals surface area contributed by atoms with Crippen molar-refractivity contribution in [2.45, 2.75) is 19.5 Å². The van der Waals surface area contributed by atoms with Crippen molar-refractivity contribution in [1.82, 2.24) is 5.32 Å². The summed E-state index contributed by atoms with van der Waals surface area (Å²) in [6.07, 6.45) is 0. The van der Waals surface area contributed by atoms with Crippen LogP contribution in [0.1, 0.15) is 24.1 Å². The van der Waals surface area contributed by atoms with Crippen molar-refractivity contribution in [3.8, 4) is 0 Å². The first-order chi connectivity index (χ1) is 8.25. The average molecular weight is 327 g/mol. The van der Waals surface area contributed by atoms with Crippen molar-refractivity contribution in [3.63, 3.8) is 0 Å². The van der Waals surface area contributed by atoms with Crippen LogP contribution in [0.15, 0.2) is 59.1 Å². The molecular formula is C15H17BrClN. The quantitative estimate of drug-likeness (QED) is 0.857. The van der Waals surface area contributed by atoms with E-state index in [1.165, 1.54) is 11.1 Å². The van der Waals surface area contributed by atoms with Crippen molar-refractivity contribution in [1.29, 1.82) is 0 Å². The van der Waals surface area contributed by atoms with Crippen LogP contribution in [0.3, 0.4) is 0 Å². The van der Waals surface area contributed by atoms with Gasteiger partial charge in [-0.05, 0) is 30.2 Å². The number of benzene rings is 2. The lowest BCUT2D eigenvalue weighted by Crippen LogP contribution is -2.17. The molecule has 0 radical (unpaired) electrons. The minimum atomic E-state index is 0. The van der Waals surface area contributed by atoms with Crippen LogP contribution >= 0.6 is 28.3 Å². The molecule has 0 unspecified atom stereocenters. The Hall–Kier alpha value is -0.830. The fraction of sp³-hybridized carbons (Fsp3) is 0.200. The van der Waals surface area contributed by atoms with Gasteiger partial charge in [0.25, 0.3) is 0 Å². The van der Waals surface area contributed by atoms with E-state index in [1.54, 1.807) is 0 Å². The van der Waals surface area contributed by atoms with Crippen LogP contribution in [0.2, 0.25) is 0 Å². The molecule has 1 N–H and O–H groups in total. The molecule has 2 rings (SSSR count). The van der Waals surface area contributed by atoms with Gasteiger partial charge in [-0.1, -0.05) is 58.4 Å². The summed E-state index contributed by atoms with van der Waals surface area (Å²) in [5.74, 6) is 0. The van der Waals surface area contributed by atoms with Gasteiger partial charge in [0.15, 0.2) is 0 Å². The predicted molar refractivity (Wildman–Crippen MR) is 83.1 cm³/mol. The van der Waals surface area contributed by atoms with Gasteiger partial charge in [0.2, 0.25) is 0 Å². The summed E-state index contributed by atoms with van der Waals surface area (Å²) in [7, 11) is 0. The fourth-order valence-corrected chi connectivity index (χ4v) is 2.22. The van der Waals surface area contributed by atoms with E-state index in [-0.39, 0.29) is 12.4 Å². The molecule has 18 heavy (non-hydrogen) atoms. The molecular weight excluding hydrogens is 310 g/mol. The van der Waals surface area contributed by atoms with E-state index >= 15 is 0 Å². The van der Waals surface area contributed by atoms with E-state index in [0.717, 1.165) is 11.0 Å². The van der Waals surface area contributed by atoms with Crippen molar-refractivity contribution < 1.29 is 0 Å². The van der Waals surface area contributed by atoms with Gasteiger partial charge in [-0.2, -0.15) is 0 Å². The molecule has 0 amide bonds. The van der Waals surface area contributed by atoms with E-state index in [9.17, 15) is 0 Å². The molecule has 3 heteroatoms. The lowest BCUT2D eigenvalue weighted by atomic mass is 10.1. The van der Waals surface area contributed by atoms with Crippen molar-refractivity contribution >= 4 is 28.3 Å². The van der Waals surface area contributed by atoms with Gasteiger partial charge in [0.05, 0.1) is 0 Å². The highest BCUT2D eigenvalue weighted by atomic mass is 79.9. The summed E-state index contributed by atoms with van der Waals surface area (Å²) >= 11 is 3.49. The largest absolute Gasteiger partial charge is 0.306 e. The second-order valence-corrected chi connectivity index (χ2v) is 5.06. The first-order valence-electron chi connectivity index (χ1n) is 5.78. The molecule has 0 aliphatic carbocycles. The standard InChI is InChI=1S/C15H16BrN.ClH/c1-12(14-7-3-2-4-8-14)17-11-13-6-5-9-15(16)10-13;/h2-10,12,17H,11H2,1H3;1H/t12-;/m0./s1. The lowest BCUT2D eigenvalue weighted by Gasteiger charge is -2.14. The van der Waals surface area contributed by atoms with Gasteiger partial charge >= 0.3 is 0 Å². The van der Waals surface area contributed by atoms with E-state index in [4.69, 9.17) is 0 Å². The predicted octanol–water partition coefficient (Wildman–Crippen LogP) is 4.72. The van der Waals surface area contributed by atoms with Crippen LogP contribution in [-0.2, 0) is 6.54 Å². The molecule has 96 valence electrons. The van der Waals surface area contributed by atoms with Crippen molar-refractivity contribution in [2.75, 3.05) is 0 Å². The molecule has 0 saturated carbocycles. The van der Waals surface area contributed by atoms with Gasteiger partial charge in [0.1, 0.15) is 0 Å². The topological polar surface area (TPSA) is 12.0 Å². The molecule has 0 saturated heterocycles. The van der Waals surface area contributed by atoms with Crippen molar-refractivity contribution in [3.05, 3.63) is 70.2 Å². The summed E-state index contributed by atoms with van der Waals surface area (Å²) in [5.41, 5.74) is 2.62. The number of rotatable bonds is 4. The fourth-order valence-electron chi connectivity index (χ4n) is 1.78. The van der Waals surface area contributed by atoms with Gasteiger partial charge in [-0.15, -0.1) is 12.4 Å². The molecule has 0 heterocycles. The van der Waals surface area contributed by atoms with Crippen LogP contribution in [0.5, 0.6) is 0 Å². The molecule has 1 nitrogen and oxygen atoms in total. The second kappa shape index (κ2) is 7.57. The highest BCUT2D eigenvalue weighted by Gasteiger charge is 2.03. The zero-order valence-electron chi connectivity index (χ0n) is 10.3. The molecule has 2 aromatic rings. The molecule has 1 atom stereocenters. The van der Waals surface area contributed by atoms with E-state index < -0.39 is 0 Å². The number of hydrogen-bond donors (Lipinski definition) is 1. The van der Waals surface area contributed by atoms with Crippen LogP contribution in [-0.4, -0.2) is 0 Å². The third-order valence-electron chi connectivity index (χ3n) is 2.80. The summed E-state index contributed by atoms with van der Waals surface area (Å²) in [6, 6.07) is 19.3. The van der Waals surface area contributed by atoms with E-state index in [1.807, 2.05) is 12.1 Å². The zero-order chi connectivity index (χ0) is 12.1. The highest BCUT2D eigenvalue weighted by molar-refractivity contribution is 9.10. The Labute approximate surface area is 123 Å². The Bertz CT molecular complexity index is 473. The van der Waals surface area contributed by atoms with E-state index in [2.05, 4.69) is 70.6 Å². The summed E-state index contributed by atoms with van der Waals surface area (Å²) < 4.78 is 1.13. The molecule has 0 spiro atoms. The third-order valence-corrected chi connectivity index (χ3v) is 3.29. The first kappa shape index (κ1) is 15.2. The molecule has 0 fully saturated rings. The molecule has 0 aliphatic heterocycles. The molecule has 0 bridgehead atoms. The van der Waals surface area contributed by atoms with Gasteiger partial charge in [-0.3, -0.25) is 0 Å². The second-order valence-electron chi connectivity index (χ2n) is 4.14. The Kier molecular flexibility index (Phi) is 6.41. The summed E-state index contributed by atoms with van der Waals surface area (Å²) in [4.78, 5) is 0. The van der Waals surface area contributed by atoms with Gasteiger partial charge in [-0.25, -0.2) is 0 Å². The maximum atomic E-state index is 3.52. The SMILES string of the molecule is C[C@H](NCc1cccc(Br)c1)c1ccccc1.Cl. The average Bonchev–Trinajstić information content (AvgIpc) is 2.37. The Morgan fingerprint density at radius 3 is 2.44 bits per heavy atom. The van der Waals surface area contributed by atoms with Gasteiger partial charge in [0, 0.05) is 17.1 Å². The van der Waals surface area contributed by atoms with Crippen LogP contribution < -0.4 is 5.32 Å².